The van der Waals surface area contributed by atoms with E-state index >= 15 is 0 Å². The van der Waals surface area contributed by atoms with Crippen LogP contribution in [0.15, 0.2) is 36.5 Å². The predicted molar refractivity (Wildman–Crippen MR) is 78.5 cm³/mol. The van der Waals surface area contributed by atoms with Crippen LogP contribution in [0.2, 0.25) is 0 Å². The molecule has 1 aliphatic carbocycles. The maximum atomic E-state index is 12.4. The number of fused-ring (bicyclic) bond motifs is 1. The highest BCUT2D eigenvalue weighted by Gasteiger charge is 2.22. The Labute approximate surface area is 123 Å². The van der Waals surface area contributed by atoms with Gasteiger partial charge in [0.15, 0.2) is 6.10 Å². The van der Waals surface area contributed by atoms with E-state index in [4.69, 9.17) is 4.74 Å². The van der Waals surface area contributed by atoms with Crippen molar-refractivity contribution in [3.8, 4) is 0 Å². The average molecular weight is 283 g/mol. The largest absolute Gasteiger partial charge is 0.450 e. The van der Waals surface area contributed by atoms with Gasteiger partial charge >= 0.3 is 5.97 Å². The molecule has 0 bridgehead atoms. The van der Waals surface area contributed by atoms with Crippen LogP contribution in [0.4, 0.5) is 0 Å². The highest BCUT2D eigenvalue weighted by Crippen LogP contribution is 2.23. The number of aromatic amines is 1. The number of hydrogen-bond acceptors (Lipinski definition) is 3. The van der Waals surface area contributed by atoms with Crippen LogP contribution < -0.4 is 0 Å². The van der Waals surface area contributed by atoms with Gasteiger partial charge in [0.05, 0.1) is 0 Å². The molecule has 0 saturated heterocycles. The van der Waals surface area contributed by atoms with Gasteiger partial charge in [-0.2, -0.15) is 0 Å². The lowest BCUT2D eigenvalue weighted by Crippen LogP contribution is -2.24. The van der Waals surface area contributed by atoms with Gasteiger partial charge in [0.1, 0.15) is 5.69 Å². The number of ether oxygens (including phenoxy) is 1. The van der Waals surface area contributed by atoms with Crippen molar-refractivity contribution in [2.75, 3.05) is 0 Å². The molecular formula is C17H17NO3. The van der Waals surface area contributed by atoms with E-state index in [9.17, 15) is 9.59 Å². The summed E-state index contributed by atoms with van der Waals surface area (Å²) in [6.45, 7) is 1.61. The van der Waals surface area contributed by atoms with Gasteiger partial charge in [0.25, 0.3) is 0 Å². The van der Waals surface area contributed by atoms with Crippen molar-refractivity contribution in [1.29, 1.82) is 0 Å². The summed E-state index contributed by atoms with van der Waals surface area (Å²) >= 11 is 0. The molecule has 0 fully saturated rings. The van der Waals surface area contributed by atoms with Crippen LogP contribution in [-0.2, 0) is 17.6 Å². The number of carbonyl (C=O) groups excluding carboxylic acids is 2. The zero-order valence-corrected chi connectivity index (χ0v) is 11.9. The molecule has 1 aromatic heterocycles. The van der Waals surface area contributed by atoms with Crippen molar-refractivity contribution in [2.24, 2.45) is 0 Å². The molecule has 2 aromatic rings. The van der Waals surface area contributed by atoms with Crippen LogP contribution in [0.5, 0.6) is 0 Å². The van der Waals surface area contributed by atoms with Gasteiger partial charge < -0.3 is 9.72 Å². The molecule has 4 nitrogen and oxygen atoms in total. The number of H-pyrrole nitrogens is 1. The molecule has 1 heterocycles. The van der Waals surface area contributed by atoms with E-state index in [-0.39, 0.29) is 5.78 Å². The highest BCUT2D eigenvalue weighted by molar-refractivity contribution is 6.01. The molecule has 0 radical (unpaired) electrons. The van der Waals surface area contributed by atoms with Crippen molar-refractivity contribution in [1.82, 2.24) is 4.98 Å². The molecule has 3 rings (SSSR count). The monoisotopic (exact) mass is 283 g/mol. The molecule has 21 heavy (non-hydrogen) atoms. The Morgan fingerprint density at radius 1 is 1.19 bits per heavy atom. The van der Waals surface area contributed by atoms with E-state index in [1.54, 1.807) is 25.3 Å². The first kappa shape index (κ1) is 13.6. The second kappa shape index (κ2) is 5.56. The molecule has 1 aliphatic rings. The molecule has 0 unspecified atom stereocenters. The standard InChI is InChI=1S/C17H17NO3/c1-11(21-17(20)15-6-3-9-18-15)16(19)14-8-7-12-4-2-5-13(12)10-14/h3,6-11,18H,2,4-5H2,1H3/t11-/m0/s1. The van der Waals surface area contributed by atoms with E-state index in [1.807, 2.05) is 18.2 Å². The van der Waals surface area contributed by atoms with Gasteiger partial charge in [-0.15, -0.1) is 0 Å². The summed E-state index contributed by atoms with van der Waals surface area (Å²) in [5, 5.41) is 0. The quantitative estimate of drug-likeness (QED) is 0.693. The number of benzene rings is 1. The highest BCUT2D eigenvalue weighted by atomic mass is 16.5. The molecule has 0 aliphatic heterocycles. The van der Waals surface area contributed by atoms with Gasteiger partial charge in [-0.25, -0.2) is 4.79 Å². The summed E-state index contributed by atoms with van der Waals surface area (Å²) in [6.07, 6.45) is 4.10. The number of esters is 1. The maximum Gasteiger partial charge on any atom is 0.355 e. The number of ketones is 1. The summed E-state index contributed by atoms with van der Waals surface area (Å²) in [7, 11) is 0. The van der Waals surface area contributed by atoms with E-state index in [0.717, 1.165) is 19.3 Å². The van der Waals surface area contributed by atoms with E-state index in [2.05, 4.69) is 4.98 Å². The molecule has 0 saturated carbocycles. The lowest BCUT2D eigenvalue weighted by Gasteiger charge is -2.12. The number of Topliss-reactive ketones (excluding diaryl/α,β-unsaturated/α-hetero) is 1. The smallest absolute Gasteiger partial charge is 0.355 e. The number of nitrogens with one attached hydrogen (secondary N) is 1. The van der Waals surface area contributed by atoms with Crippen LogP contribution in [-0.4, -0.2) is 22.8 Å². The summed E-state index contributed by atoms with van der Waals surface area (Å²) in [6, 6.07) is 9.10. The third-order valence-electron chi connectivity index (χ3n) is 3.85. The molecule has 0 spiro atoms. The fourth-order valence-corrected chi connectivity index (χ4v) is 2.69. The zero-order valence-electron chi connectivity index (χ0n) is 11.9. The number of aromatic nitrogens is 1. The SMILES string of the molecule is C[C@H](OC(=O)c1ccc[nH]1)C(=O)c1ccc2c(c1)CCC2. The van der Waals surface area contributed by atoms with Crippen LogP contribution in [0.3, 0.4) is 0 Å². The third kappa shape index (κ3) is 2.75. The molecule has 1 atom stereocenters. The second-order valence-corrected chi connectivity index (χ2v) is 5.33. The minimum Gasteiger partial charge on any atom is -0.450 e. The van der Waals surface area contributed by atoms with Gasteiger partial charge in [-0.05, 0) is 55.5 Å². The van der Waals surface area contributed by atoms with Crippen molar-refractivity contribution in [2.45, 2.75) is 32.3 Å². The molecular weight excluding hydrogens is 266 g/mol. The summed E-state index contributed by atoms with van der Waals surface area (Å²) in [5.74, 6) is -0.674. The minimum absolute atomic E-state index is 0.162. The summed E-state index contributed by atoms with van der Waals surface area (Å²) in [4.78, 5) is 27.0. The Kier molecular flexibility index (Phi) is 3.60. The second-order valence-electron chi connectivity index (χ2n) is 5.33. The number of carbonyl (C=O) groups is 2. The topological polar surface area (TPSA) is 59.2 Å². The van der Waals surface area contributed by atoms with Gasteiger partial charge in [-0.1, -0.05) is 12.1 Å². The predicted octanol–water partition coefficient (Wildman–Crippen LogP) is 2.93. The van der Waals surface area contributed by atoms with Crippen molar-refractivity contribution in [3.05, 3.63) is 58.9 Å². The van der Waals surface area contributed by atoms with Crippen molar-refractivity contribution in [3.63, 3.8) is 0 Å². The van der Waals surface area contributed by atoms with Crippen LogP contribution in [0.25, 0.3) is 0 Å². The van der Waals surface area contributed by atoms with Crippen LogP contribution >= 0.6 is 0 Å². The first-order valence-corrected chi connectivity index (χ1v) is 7.15. The lowest BCUT2D eigenvalue weighted by atomic mass is 10.0. The Balaban J connectivity index is 1.71. The van der Waals surface area contributed by atoms with E-state index in [0.29, 0.717) is 11.3 Å². The Hall–Kier alpha value is -2.36. The van der Waals surface area contributed by atoms with Crippen molar-refractivity contribution < 1.29 is 14.3 Å². The minimum atomic E-state index is -0.791. The summed E-state index contributed by atoms with van der Waals surface area (Å²) < 4.78 is 5.21. The number of rotatable bonds is 4. The van der Waals surface area contributed by atoms with E-state index in [1.165, 1.54) is 11.1 Å². The Morgan fingerprint density at radius 3 is 2.76 bits per heavy atom. The molecule has 1 aromatic carbocycles. The Bertz CT molecular complexity index is 673. The number of aryl methyl sites for hydroxylation is 2. The van der Waals surface area contributed by atoms with Gasteiger partial charge in [0.2, 0.25) is 5.78 Å². The first-order chi connectivity index (χ1) is 10.1. The van der Waals surface area contributed by atoms with Gasteiger partial charge in [-0.3, -0.25) is 4.79 Å². The van der Waals surface area contributed by atoms with Crippen LogP contribution in [0, 0.1) is 0 Å². The zero-order chi connectivity index (χ0) is 14.8. The molecule has 0 amide bonds. The molecule has 108 valence electrons. The fourth-order valence-electron chi connectivity index (χ4n) is 2.69. The van der Waals surface area contributed by atoms with Crippen LogP contribution in [0.1, 0.15) is 45.3 Å². The number of hydrogen-bond donors (Lipinski definition) is 1. The summed E-state index contributed by atoms with van der Waals surface area (Å²) in [5.41, 5.74) is 3.53. The normalized spacial score (nSPS) is 14.5. The first-order valence-electron chi connectivity index (χ1n) is 7.15. The maximum absolute atomic E-state index is 12.4. The molecule has 1 N–H and O–H groups in total. The van der Waals surface area contributed by atoms with Crippen molar-refractivity contribution >= 4 is 11.8 Å². The Morgan fingerprint density at radius 2 is 2.00 bits per heavy atom. The fraction of sp³-hybridized carbons (Fsp3) is 0.294. The van der Waals surface area contributed by atoms with E-state index < -0.39 is 12.1 Å². The third-order valence-corrected chi connectivity index (χ3v) is 3.85. The average Bonchev–Trinajstić information content (AvgIpc) is 3.16. The molecule has 4 heteroatoms. The van der Waals surface area contributed by atoms with Gasteiger partial charge in [0, 0.05) is 11.8 Å². The lowest BCUT2D eigenvalue weighted by molar-refractivity contribution is 0.0314.